The van der Waals surface area contributed by atoms with Gasteiger partial charge in [-0.25, -0.2) is 0 Å². The monoisotopic (exact) mass is 287 g/mol. The molecule has 0 fully saturated rings. The van der Waals surface area contributed by atoms with Crippen molar-refractivity contribution in [3.8, 4) is 11.5 Å². The van der Waals surface area contributed by atoms with Gasteiger partial charge in [-0.1, -0.05) is 6.92 Å². The van der Waals surface area contributed by atoms with Gasteiger partial charge in [-0.15, -0.1) is 5.10 Å². The minimum absolute atomic E-state index is 0.212. The SMILES string of the molecule is CCC1CC(N)=NN=C1c1cc2c(cc1OC)CC(C)O2. The van der Waals surface area contributed by atoms with E-state index < -0.39 is 0 Å². The van der Waals surface area contributed by atoms with Crippen LogP contribution in [0.1, 0.15) is 37.8 Å². The van der Waals surface area contributed by atoms with Crippen molar-refractivity contribution >= 4 is 11.5 Å². The highest BCUT2D eigenvalue weighted by Gasteiger charge is 2.28. The molecule has 0 aliphatic carbocycles. The lowest BCUT2D eigenvalue weighted by Gasteiger charge is -2.22. The molecule has 2 unspecified atom stereocenters. The number of amidine groups is 1. The van der Waals surface area contributed by atoms with Gasteiger partial charge in [0.05, 0.1) is 12.8 Å². The maximum Gasteiger partial charge on any atom is 0.128 e. The summed E-state index contributed by atoms with van der Waals surface area (Å²) in [6, 6.07) is 4.10. The first-order valence-corrected chi connectivity index (χ1v) is 7.40. The predicted molar refractivity (Wildman–Crippen MR) is 83.3 cm³/mol. The van der Waals surface area contributed by atoms with Gasteiger partial charge in [0, 0.05) is 29.9 Å². The summed E-state index contributed by atoms with van der Waals surface area (Å²) in [6.07, 6.45) is 2.84. The third-order valence-corrected chi connectivity index (χ3v) is 4.12. The van der Waals surface area contributed by atoms with Crippen molar-refractivity contribution in [3.63, 3.8) is 0 Å². The molecule has 2 N–H and O–H groups in total. The largest absolute Gasteiger partial charge is 0.496 e. The Hall–Kier alpha value is -2.04. The summed E-state index contributed by atoms with van der Waals surface area (Å²) in [5, 5.41) is 8.39. The topological polar surface area (TPSA) is 69.2 Å². The van der Waals surface area contributed by atoms with E-state index in [2.05, 4.69) is 30.1 Å². The Morgan fingerprint density at radius 3 is 2.86 bits per heavy atom. The lowest BCUT2D eigenvalue weighted by Crippen LogP contribution is -2.27. The Morgan fingerprint density at radius 1 is 1.33 bits per heavy atom. The van der Waals surface area contributed by atoms with Crippen LogP contribution in [0.4, 0.5) is 0 Å². The Bertz CT molecular complexity index is 622. The minimum atomic E-state index is 0.212. The third kappa shape index (κ3) is 2.48. The number of benzene rings is 1. The molecule has 2 aliphatic rings. The zero-order valence-electron chi connectivity index (χ0n) is 12.7. The summed E-state index contributed by atoms with van der Waals surface area (Å²) in [5.74, 6) is 2.63. The van der Waals surface area contributed by atoms with Crippen molar-refractivity contribution in [2.24, 2.45) is 21.9 Å². The van der Waals surface area contributed by atoms with Gasteiger partial charge < -0.3 is 15.2 Å². The number of rotatable bonds is 3. The summed E-state index contributed by atoms with van der Waals surface area (Å²) in [6.45, 7) is 4.21. The fraction of sp³-hybridized carbons (Fsp3) is 0.500. The summed E-state index contributed by atoms with van der Waals surface area (Å²) in [5.41, 5.74) is 8.90. The van der Waals surface area contributed by atoms with E-state index in [1.807, 2.05) is 6.07 Å². The Kier molecular flexibility index (Phi) is 3.57. The van der Waals surface area contributed by atoms with E-state index in [-0.39, 0.29) is 12.0 Å². The highest BCUT2D eigenvalue weighted by atomic mass is 16.5. The lowest BCUT2D eigenvalue weighted by molar-refractivity contribution is 0.254. The van der Waals surface area contributed by atoms with E-state index >= 15 is 0 Å². The van der Waals surface area contributed by atoms with Crippen LogP contribution < -0.4 is 15.2 Å². The maximum atomic E-state index is 5.86. The molecule has 0 saturated carbocycles. The molecule has 0 bridgehead atoms. The Labute approximate surface area is 124 Å². The van der Waals surface area contributed by atoms with Gasteiger partial charge in [-0.05, 0) is 25.5 Å². The highest BCUT2D eigenvalue weighted by molar-refractivity contribution is 6.08. The first kappa shape index (κ1) is 13.9. The number of hydrogen-bond donors (Lipinski definition) is 1. The van der Waals surface area contributed by atoms with Crippen LogP contribution in [0.5, 0.6) is 11.5 Å². The van der Waals surface area contributed by atoms with Gasteiger partial charge in [-0.3, -0.25) is 0 Å². The maximum absolute atomic E-state index is 5.86. The number of fused-ring (bicyclic) bond motifs is 1. The molecule has 1 aromatic carbocycles. The molecule has 2 atom stereocenters. The van der Waals surface area contributed by atoms with Crippen molar-refractivity contribution < 1.29 is 9.47 Å². The minimum Gasteiger partial charge on any atom is -0.496 e. The standard InChI is InChI=1S/C16H21N3O2/c1-4-10-7-15(17)18-19-16(10)12-8-13-11(5-9(2)21-13)6-14(12)20-3/h6,8-10H,4-5,7H2,1-3H3,(H2,17,18). The third-order valence-electron chi connectivity index (χ3n) is 4.12. The smallest absolute Gasteiger partial charge is 0.128 e. The highest BCUT2D eigenvalue weighted by Crippen LogP contribution is 2.37. The lowest BCUT2D eigenvalue weighted by atomic mass is 9.89. The zero-order valence-corrected chi connectivity index (χ0v) is 12.7. The molecule has 21 heavy (non-hydrogen) atoms. The first-order valence-electron chi connectivity index (χ1n) is 7.40. The van der Waals surface area contributed by atoms with E-state index in [9.17, 15) is 0 Å². The summed E-state index contributed by atoms with van der Waals surface area (Å²) in [4.78, 5) is 0. The molecule has 0 saturated heterocycles. The summed E-state index contributed by atoms with van der Waals surface area (Å²) < 4.78 is 11.4. The van der Waals surface area contributed by atoms with E-state index in [1.54, 1.807) is 7.11 Å². The van der Waals surface area contributed by atoms with Crippen LogP contribution in [0.15, 0.2) is 22.3 Å². The fourth-order valence-corrected chi connectivity index (χ4v) is 3.01. The number of ether oxygens (including phenoxy) is 2. The van der Waals surface area contributed by atoms with Gasteiger partial charge in [-0.2, -0.15) is 5.10 Å². The number of nitrogens with zero attached hydrogens (tertiary/aromatic N) is 2. The van der Waals surface area contributed by atoms with E-state index in [1.165, 1.54) is 5.56 Å². The summed E-state index contributed by atoms with van der Waals surface area (Å²) >= 11 is 0. The van der Waals surface area contributed by atoms with E-state index in [0.29, 0.717) is 5.84 Å². The molecule has 5 heteroatoms. The van der Waals surface area contributed by atoms with Crippen LogP contribution in [0, 0.1) is 5.92 Å². The zero-order chi connectivity index (χ0) is 15.0. The van der Waals surface area contributed by atoms with E-state index in [4.69, 9.17) is 15.2 Å². The molecule has 0 aromatic heterocycles. The molecular formula is C16H21N3O2. The fourth-order valence-electron chi connectivity index (χ4n) is 3.01. The Balaban J connectivity index is 2.07. The average molecular weight is 287 g/mol. The van der Waals surface area contributed by atoms with Crippen LogP contribution in [0.2, 0.25) is 0 Å². The van der Waals surface area contributed by atoms with Gasteiger partial charge >= 0.3 is 0 Å². The first-order chi connectivity index (χ1) is 10.1. The number of nitrogens with two attached hydrogens (primary N) is 1. The second kappa shape index (κ2) is 5.39. The molecule has 0 radical (unpaired) electrons. The molecule has 2 heterocycles. The molecule has 3 rings (SSSR count). The molecule has 1 aromatic rings. The molecule has 2 aliphatic heterocycles. The second-order valence-corrected chi connectivity index (χ2v) is 5.68. The van der Waals surface area contributed by atoms with Crippen LogP contribution in [0.3, 0.4) is 0 Å². The predicted octanol–water partition coefficient (Wildman–Crippen LogP) is 2.51. The second-order valence-electron chi connectivity index (χ2n) is 5.68. The van der Waals surface area contributed by atoms with Crippen molar-refractivity contribution in [1.29, 1.82) is 0 Å². The van der Waals surface area contributed by atoms with Crippen molar-refractivity contribution in [2.45, 2.75) is 39.2 Å². The molecule has 5 nitrogen and oxygen atoms in total. The molecule has 0 amide bonds. The summed E-state index contributed by atoms with van der Waals surface area (Å²) in [7, 11) is 1.69. The van der Waals surface area contributed by atoms with Crippen LogP contribution in [-0.2, 0) is 6.42 Å². The van der Waals surface area contributed by atoms with E-state index in [0.717, 1.165) is 42.0 Å². The van der Waals surface area contributed by atoms with Crippen molar-refractivity contribution in [2.75, 3.05) is 7.11 Å². The molecule has 112 valence electrons. The van der Waals surface area contributed by atoms with Crippen LogP contribution >= 0.6 is 0 Å². The van der Waals surface area contributed by atoms with Crippen molar-refractivity contribution in [3.05, 3.63) is 23.3 Å². The normalized spacial score (nSPS) is 24.0. The van der Waals surface area contributed by atoms with Crippen LogP contribution in [0.25, 0.3) is 0 Å². The average Bonchev–Trinajstić information content (AvgIpc) is 2.84. The number of methoxy groups -OCH3 is 1. The van der Waals surface area contributed by atoms with Gasteiger partial charge in [0.1, 0.15) is 23.4 Å². The molecule has 0 spiro atoms. The molecular weight excluding hydrogens is 266 g/mol. The van der Waals surface area contributed by atoms with Gasteiger partial charge in [0.2, 0.25) is 0 Å². The van der Waals surface area contributed by atoms with Gasteiger partial charge in [0.15, 0.2) is 0 Å². The Morgan fingerprint density at radius 2 is 2.14 bits per heavy atom. The quantitative estimate of drug-likeness (QED) is 0.928. The number of hydrogen-bond acceptors (Lipinski definition) is 5. The van der Waals surface area contributed by atoms with Crippen molar-refractivity contribution in [1.82, 2.24) is 0 Å². The van der Waals surface area contributed by atoms with Crippen LogP contribution in [-0.4, -0.2) is 24.8 Å². The van der Waals surface area contributed by atoms with Gasteiger partial charge in [0.25, 0.3) is 0 Å².